The van der Waals surface area contributed by atoms with Crippen LogP contribution in [0.25, 0.3) is 16.9 Å². The summed E-state index contributed by atoms with van der Waals surface area (Å²) in [6.07, 6.45) is 7.33. The molecule has 1 aliphatic rings. The van der Waals surface area contributed by atoms with Gasteiger partial charge in [0.25, 0.3) is 0 Å². The lowest BCUT2D eigenvalue weighted by Gasteiger charge is -2.22. The SMILES string of the molecule is COCCOc1ccc(-n2nnc3cnc(Nc4cnn(C5CCOCC5)c4)nc32)cc1. The maximum Gasteiger partial charge on any atom is 0.229 e. The maximum absolute atomic E-state index is 5.62. The van der Waals surface area contributed by atoms with Crippen LogP contribution in [-0.4, -0.2) is 68.3 Å². The van der Waals surface area contributed by atoms with Crippen LogP contribution in [0.15, 0.2) is 42.9 Å². The Morgan fingerprint density at radius 3 is 2.78 bits per heavy atom. The van der Waals surface area contributed by atoms with Gasteiger partial charge in [-0.15, -0.1) is 5.10 Å². The molecule has 1 fully saturated rings. The number of hydrogen-bond acceptors (Lipinski definition) is 9. The van der Waals surface area contributed by atoms with Crippen molar-refractivity contribution in [1.29, 1.82) is 0 Å². The normalized spacial score (nSPS) is 14.7. The molecule has 0 saturated carbocycles. The van der Waals surface area contributed by atoms with Crippen LogP contribution >= 0.6 is 0 Å². The van der Waals surface area contributed by atoms with Crippen molar-refractivity contribution in [1.82, 2.24) is 34.7 Å². The molecule has 4 aromatic rings. The van der Waals surface area contributed by atoms with Gasteiger partial charge in [0.05, 0.1) is 36.4 Å². The molecule has 0 aliphatic carbocycles. The number of fused-ring (bicyclic) bond motifs is 1. The van der Waals surface area contributed by atoms with Crippen LogP contribution in [0.5, 0.6) is 5.75 Å². The third-order valence-electron chi connectivity index (χ3n) is 5.25. The number of anilines is 2. The zero-order chi connectivity index (χ0) is 21.8. The highest BCUT2D eigenvalue weighted by Gasteiger charge is 2.17. The van der Waals surface area contributed by atoms with Gasteiger partial charge < -0.3 is 19.5 Å². The van der Waals surface area contributed by atoms with Gasteiger partial charge in [-0.1, -0.05) is 5.21 Å². The zero-order valence-corrected chi connectivity index (χ0v) is 17.7. The maximum atomic E-state index is 5.62. The Bertz CT molecular complexity index is 1170. The molecule has 32 heavy (non-hydrogen) atoms. The van der Waals surface area contributed by atoms with Crippen molar-refractivity contribution in [3.8, 4) is 11.4 Å². The first kappa shape index (κ1) is 20.3. The van der Waals surface area contributed by atoms with E-state index in [9.17, 15) is 0 Å². The summed E-state index contributed by atoms with van der Waals surface area (Å²) in [5.41, 5.74) is 2.86. The monoisotopic (exact) mass is 436 g/mol. The van der Waals surface area contributed by atoms with Crippen molar-refractivity contribution in [2.75, 3.05) is 38.9 Å². The molecule has 1 aromatic carbocycles. The summed E-state index contributed by atoms with van der Waals surface area (Å²) in [7, 11) is 1.64. The summed E-state index contributed by atoms with van der Waals surface area (Å²) in [6, 6.07) is 7.93. The summed E-state index contributed by atoms with van der Waals surface area (Å²) >= 11 is 0. The van der Waals surface area contributed by atoms with Crippen molar-refractivity contribution >= 4 is 22.8 Å². The van der Waals surface area contributed by atoms with Crippen LogP contribution in [0.3, 0.4) is 0 Å². The van der Waals surface area contributed by atoms with Crippen LogP contribution in [-0.2, 0) is 9.47 Å². The molecule has 0 spiro atoms. The Labute approximate surface area is 184 Å². The first-order valence-corrected chi connectivity index (χ1v) is 10.5. The predicted molar refractivity (Wildman–Crippen MR) is 116 cm³/mol. The average molecular weight is 436 g/mol. The van der Waals surface area contributed by atoms with Gasteiger partial charge in [0.2, 0.25) is 5.95 Å². The Balaban J connectivity index is 1.33. The van der Waals surface area contributed by atoms with Crippen molar-refractivity contribution in [3.63, 3.8) is 0 Å². The molecule has 1 aliphatic heterocycles. The highest BCUT2D eigenvalue weighted by Crippen LogP contribution is 2.23. The first-order valence-electron chi connectivity index (χ1n) is 10.5. The summed E-state index contributed by atoms with van der Waals surface area (Å²) in [5.74, 6) is 1.21. The number of methoxy groups -OCH3 is 1. The lowest BCUT2D eigenvalue weighted by Crippen LogP contribution is -2.19. The number of rotatable bonds is 8. The second-order valence-corrected chi connectivity index (χ2v) is 7.42. The predicted octanol–water partition coefficient (Wildman–Crippen LogP) is 2.53. The summed E-state index contributed by atoms with van der Waals surface area (Å²) in [4.78, 5) is 8.98. The Hall–Kier alpha value is -3.57. The van der Waals surface area contributed by atoms with Crippen LogP contribution in [0.2, 0.25) is 0 Å². The van der Waals surface area contributed by atoms with E-state index in [0.29, 0.717) is 36.4 Å². The van der Waals surface area contributed by atoms with Crippen molar-refractivity contribution in [2.45, 2.75) is 18.9 Å². The van der Waals surface area contributed by atoms with Crippen molar-refractivity contribution in [2.24, 2.45) is 0 Å². The smallest absolute Gasteiger partial charge is 0.229 e. The molecular formula is C21H24N8O3. The van der Waals surface area contributed by atoms with E-state index in [1.54, 1.807) is 24.2 Å². The summed E-state index contributed by atoms with van der Waals surface area (Å²) < 4.78 is 19.7. The Morgan fingerprint density at radius 1 is 1.12 bits per heavy atom. The number of nitrogens with zero attached hydrogens (tertiary/aromatic N) is 7. The standard InChI is InChI=1S/C21H24N8O3/c1-30-10-11-32-18-4-2-17(3-5-18)29-20-19(26-27-29)13-22-21(25-20)24-15-12-23-28(14-15)16-6-8-31-9-7-16/h2-5,12-14,16H,6-11H2,1H3,(H,22,24,25). The van der Waals surface area contributed by atoms with Crippen LogP contribution in [0, 0.1) is 0 Å². The fraction of sp³-hybridized carbons (Fsp3) is 0.381. The molecular weight excluding hydrogens is 412 g/mol. The van der Waals surface area contributed by atoms with Gasteiger partial charge in [0.15, 0.2) is 11.2 Å². The highest BCUT2D eigenvalue weighted by atomic mass is 16.5. The van der Waals surface area contributed by atoms with Gasteiger partial charge in [-0.2, -0.15) is 14.8 Å². The molecule has 11 nitrogen and oxygen atoms in total. The second kappa shape index (κ2) is 9.28. The quantitative estimate of drug-likeness (QED) is 0.416. The molecule has 4 heterocycles. The summed E-state index contributed by atoms with van der Waals surface area (Å²) in [6.45, 7) is 2.57. The molecule has 5 rings (SSSR count). The molecule has 1 N–H and O–H groups in total. The van der Waals surface area contributed by atoms with Crippen LogP contribution in [0.1, 0.15) is 18.9 Å². The number of hydrogen-bond donors (Lipinski definition) is 1. The first-order chi connectivity index (χ1) is 15.8. The lowest BCUT2D eigenvalue weighted by atomic mass is 10.1. The third-order valence-corrected chi connectivity index (χ3v) is 5.25. The molecule has 0 amide bonds. The van der Waals surface area contributed by atoms with E-state index in [0.717, 1.165) is 43.2 Å². The fourth-order valence-electron chi connectivity index (χ4n) is 3.57. The largest absolute Gasteiger partial charge is 0.491 e. The van der Waals surface area contributed by atoms with E-state index in [2.05, 4.69) is 30.7 Å². The van der Waals surface area contributed by atoms with E-state index in [4.69, 9.17) is 14.2 Å². The highest BCUT2D eigenvalue weighted by molar-refractivity contribution is 5.72. The van der Waals surface area contributed by atoms with Crippen molar-refractivity contribution < 1.29 is 14.2 Å². The van der Waals surface area contributed by atoms with Crippen LogP contribution < -0.4 is 10.1 Å². The van der Waals surface area contributed by atoms with Gasteiger partial charge in [-0.25, -0.2) is 4.98 Å². The van der Waals surface area contributed by atoms with Crippen LogP contribution in [0.4, 0.5) is 11.6 Å². The van der Waals surface area contributed by atoms with Gasteiger partial charge >= 0.3 is 0 Å². The lowest BCUT2D eigenvalue weighted by molar-refractivity contribution is 0.0662. The van der Waals surface area contributed by atoms with E-state index in [-0.39, 0.29) is 0 Å². The van der Waals surface area contributed by atoms with Gasteiger partial charge in [-0.3, -0.25) is 4.68 Å². The molecule has 0 unspecified atom stereocenters. The van der Waals surface area contributed by atoms with Gasteiger partial charge in [-0.05, 0) is 37.1 Å². The minimum absolute atomic E-state index is 0.356. The van der Waals surface area contributed by atoms with E-state index in [1.807, 2.05) is 35.1 Å². The molecule has 11 heteroatoms. The molecule has 3 aromatic heterocycles. The topological polar surface area (TPSA) is 114 Å². The summed E-state index contributed by atoms with van der Waals surface area (Å²) in [5, 5.41) is 16.1. The van der Waals surface area contributed by atoms with Gasteiger partial charge in [0, 0.05) is 26.5 Å². The van der Waals surface area contributed by atoms with Gasteiger partial charge in [0.1, 0.15) is 12.4 Å². The number of ether oxygens (including phenoxy) is 3. The van der Waals surface area contributed by atoms with E-state index >= 15 is 0 Å². The van der Waals surface area contributed by atoms with E-state index < -0.39 is 0 Å². The number of benzene rings is 1. The second-order valence-electron chi connectivity index (χ2n) is 7.42. The molecule has 1 saturated heterocycles. The van der Waals surface area contributed by atoms with E-state index in [1.165, 1.54) is 0 Å². The Kier molecular flexibility index (Phi) is 5.90. The van der Waals surface area contributed by atoms with Crippen molar-refractivity contribution in [3.05, 3.63) is 42.9 Å². The molecule has 0 bridgehead atoms. The Morgan fingerprint density at radius 2 is 1.97 bits per heavy atom. The average Bonchev–Trinajstić information content (AvgIpc) is 3.47. The molecule has 0 atom stereocenters. The molecule has 0 radical (unpaired) electrons. The number of nitrogens with one attached hydrogen (secondary N) is 1. The number of aromatic nitrogens is 7. The third kappa shape index (κ3) is 4.39. The minimum Gasteiger partial charge on any atom is -0.491 e. The zero-order valence-electron chi connectivity index (χ0n) is 17.7. The fourth-order valence-corrected chi connectivity index (χ4v) is 3.57. The molecule has 166 valence electrons. The minimum atomic E-state index is 0.356.